The number of rotatable bonds is 2. The lowest BCUT2D eigenvalue weighted by Gasteiger charge is -2.11. The second-order valence-corrected chi connectivity index (χ2v) is 5.29. The highest BCUT2D eigenvalue weighted by atomic mass is 32.2. The first-order valence-electron chi connectivity index (χ1n) is 5.28. The van der Waals surface area contributed by atoms with E-state index in [1.165, 1.54) is 13.0 Å². The van der Waals surface area contributed by atoms with Crippen molar-refractivity contribution < 1.29 is 22.5 Å². The molecule has 0 bridgehead atoms. The lowest BCUT2D eigenvalue weighted by Crippen LogP contribution is -2.07. The van der Waals surface area contributed by atoms with Gasteiger partial charge in [-0.15, -0.1) is 0 Å². The molecule has 3 N–H and O–H groups in total. The van der Waals surface area contributed by atoms with Gasteiger partial charge in [0.25, 0.3) is 10.1 Å². The molecule has 0 amide bonds. The summed E-state index contributed by atoms with van der Waals surface area (Å²) in [5, 5.41) is 0.646. The number of hydrogen-bond donors (Lipinski definition) is 2. The van der Waals surface area contributed by atoms with E-state index in [0.29, 0.717) is 5.39 Å². The van der Waals surface area contributed by atoms with E-state index in [9.17, 15) is 17.8 Å². The Hall–Kier alpha value is -2.12. The molecule has 0 heterocycles. The zero-order valence-electron chi connectivity index (χ0n) is 9.95. The molecule has 6 nitrogen and oxygen atoms in total. The van der Waals surface area contributed by atoms with Crippen molar-refractivity contribution in [1.82, 2.24) is 0 Å². The lowest BCUT2D eigenvalue weighted by molar-refractivity contribution is -0.131. The Morgan fingerprint density at radius 1 is 1.26 bits per heavy atom. The summed E-state index contributed by atoms with van der Waals surface area (Å²) in [5.74, 6) is -0.734. The standard InChI is InChI=1S/C12H11NO5S/c1-7(14)18-10-6-11(19(15,16)17)8-4-2-3-5-9(8)12(10)13/h2-6H,13H2,1H3,(H,15,16,17). The minimum absolute atomic E-state index is 0.0983. The van der Waals surface area contributed by atoms with Crippen LogP contribution in [0.3, 0.4) is 0 Å². The molecule has 0 aliphatic rings. The van der Waals surface area contributed by atoms with Crippen LogP contribution in [0, 0.1) is 0 Å². The van der Waals surface area contributed by atoms with Gasteiger partial charge in [0.05, 0.1) is 5.69 Å². The molecule has 0 aliphatic carbocycles. The zero-order valence-corrected chi connectivity index (χ0v) is 10.8. The van der Waals surface area contributed by atoms with E-state index in [1.807, 2.05) is 0 Å². The van der Waals surface area contributed by atoms with Gasteiger partial charge in [-0.25, -0.2) is 0 Å². The number of esters is 1. The molecule has 19 heavy (non-hydrogen) atoms. The van der Waals surface area contributed by atoms with E-state index in [-0.39, 0.29) is 21.7 Å². The van der Waals surface area contributed by atoms with Gasteiger partial charge in [-0.2, -0.15) is 8.42 Å². The van der Waals surface area contributed by atoms with Crippen LogP contribution in [0.1, 0.15) is 6.92 Å². The van der Waals surface area contributed by atoms with Crippen LogP contribution in [-0.4, -0.2) is 18.9 Å². The van der Waals surface area contributed by atoms with E-state index >= 15 is 0 Å². The van der Waals surface area contributed by atoms with Gasteiger partial charge in [-0.05, 0) is 0 Å². The van der Waals surface area contributed by atoms with Crippen LogP contribution in [0.5, 0.6) is 5.75 Å². The highest BCUT2D eigenvalue weighted by Gasteiger charge is 2.19. The number of nitrogens with two attached hydrogens (primary N) is 1. The molecule has 7 heteroatoms. The van der Waals surface area contributed by atoms with Gasteiger partial charge in [0.1, 0.15) is 4.90 Å². The van der Waals surface area contributed by atoms with Gasteiger partial charge in [0.15, 0.2) is 5.75 Å². The predicted molar refractivity (Wildman–Crippen MR) is 69.5 cm³/mol. The van der Waals surface area contributed by atoms with Crippen molar-refractivity contribution in [2.45, 2.75) is 11.8 Å². The molecule has 2 aromatic rings. The first kappa shape index (κ1) is 13.3. The summed E-state index contributed by atoms with van der Waals surface area (Å²) in [7, 11) is -4.45. The number of anilines is 1. The summed E-state index contributed by atoms with van der Waals surface area (Å²) >= 11 is 0. The summed E-state index contributed by atoms with van der Waals surface area (Å²) in [6.07, 6.45) is 0. The van der Waals surface area contributed by atoms with Crippen molar-refractivity contribution >= 4 is 32.5 Å². The first-order valence-corrected chi connectivity index (χ1v) is 6.72. The molecule has 0 atom stereocenters. The number of ether oxygens (including phenoxy) is 1. The average Bonchev–Trinajstić information content (AvgIpc) is 2.31. The topological polar surface area (TPSA) is 107 Å². The number of carbonyl (C=O) groups excluding carboxylic acids is 1. The summed E-state index contributed by atoms with van der Waals surface area (Å²) < 4.78 is 36.8. The molecule has 0 saturated carbocycles. The second-order valence-electron chi connectivity index (χ2n) is 3.90. The molecule has 0 aliphatic heterocycles. The molecular formula is C12H11NO5S. The molecule has 0 saturated heterocycles. The maximum atomic E-state index is 11.4. The third kappa shape index (κ3) is 2.51. The molecular weight excluding hydrogens is 270 g/mol. The van der Waals surface area contributed by atoms with Gasteiger partial charge < -0.3 is 10.5 Å². The van der Waals surface area contributed by atoms with Crippen molar-refractivity contribution in [2.24, 2.45) is 0 Å². The minimum Gasteiger partial charge on any atom is -0.424 e. The fourth-order valence-electron chi connectivity index (χ4n) is 1.79. The largest absolute Gasteiger partial charge is 0.424 e. The van der Waals surface area contributed by atoms with E-state index in [4.69, 9.17) is 10.5 Å². The molecule has 2 aromatic carbocycles. The van der Waals surface area contributed by atoms with Gasteiger partial charge >= 0.3 is 5.97 Å². The minimum atomic E-state index is -4.45. The predicted octanol–water partition coefficient (Wildman–Crippen LogP) is 1.59. The van der Waals surface area contributed by atoms with Gasteiger partial charge in [-0.3, -0.25) is 9.35 Å². The van der Waals surface area contributed by atoms with Crippen molar-refractivity contribution in [3.8, 4) is 5.75 Å². The highest BCUT2D eigenvalue weighted by Crippen LogP contribution is 2.35. The molecule has 0 aromatic heterocycles. The maximum absolute atomic E-state index is 11.4. The first-order chi connectivity index (χ1) is 8.80. The Bertz CT molecular complexity index is 767. The van der Waals surface area contributed by atoms with Crippen LogP contribution >= 0.6 is 0 Å². The molecule has 100 valence electrons. The fraction of sp³-hybridized carbons (Fsp3) is 0.0833. The third-order valence-corrected chi connectivity index (χ3v) is 3.44. The van der Waals surface area contributed by atoms with E-state index in [1.54, 1.807) is 18.2 Å². The second kappa shape index (κ2) is 4.52. The normalized spacial score (nSPS) is 11.5. The fourth-order valence-corrected chi connectivity index (χ4v) is 2.50. The maximum Gasteiger partial charge on any atom is 0.308 e. The molecule has 0 fully saturated rings. The monoisotopic (exact) mass is 281 g/mol. The van der Waals surface area contributed by atoms with E-state index in [2.05, 4.69) is 0 Å². The third-order valence-electron chi connectivity index (χ3n) is 2.54. The Morgan fingerprint density at radius 2 is 1.84 bits per heavy atom. The van der Waals surface area contributed by atoms with Crippen molar-refractivity contribution in [3.05, 3.63) is 30.3 Å². The van der Waals surface area contributed by atoms with Crippen molar-refractivity contribution in [2.75, 3.05) is 5.73 Å². The van der Waals surface area contributed by atoms with Crippen molar-refractivity contribution in [1.29, 1.82) is 0 Å². The van der Waals surface area contributed by atoms with Crippen LogP contribution in [0.4, 0.5) is 5.69 Å². The van der Waals surface area contributed by atoms with Gasteiger partial charge in [-0.1, -0.05) is 24.3 Å². The molecule has 0 spiro atoms. The Kier molecular flexibility index (Phi) is 3.17. The highest BCUT2D eigenvalue weighted by molar-refractivity contribution is 7.86. The number of carbonyl (C=O) groups is 1. The summed E-state index contributed by atoms with van der Waals surface area (Å²) in [5.41, 5.74) is 5.96. The summed E-state index contributed by atoms with van der Waals surface area (Å²) in [6, 6.07) is 7.39. The average molecular weight is 281 g/mol. The molecule has 0 radical (unpaired) electrons. The van der Waals surface area contributed by atoms with Crippen LogP contribution in [0.2, 0.25) is 0 Å². The lowest BCUT2D eigenvalue weighted by atomic mass is 10.1. The number of nitrogen functional groups attached to an aromatic ring is 1. The zero-order chi connectivity index (χ0) is 14.2. The van der Waals surface area contributed by atoms with Crippen LogP contribution in [0.25, 0.3) is 10.8 Å². The number of fused-ring (bicyclic) bond motifs is 1. The quantitative estimate of drug-likeness (QED) is 0.375. The summed E-state index contributed by atoms with van der Waals surface area (Å²) in [4.78, 5) is 10.6. The van der Waals surface area contributed by atoms with Gasteiger partial charge in [0, 0.05) is 23.8 Å². The Labute approximate surface area is 109 Å². The van der Waals surface area contributed by atoms with Gasteiger partial charge in [0.2, 0.25) is 0 Å². The smallest absolute Gasteiger partial charge is 0.308 e. The molecule has 2 rings (SSSR count). The Balaban J connectivity index is 2.88. The van der Waals surface area contributed by atoms with Crippen molar-refractivity contribution in [3.63, 3.8) is 0 Å². The van der Waals surface area contributed by atoms with E-state index < -0.39 is 16.1 Å². The number of hydrogen-bond acceptors (Lipinski definition) is 5. The SMILES string of the molecule is CC(=O)Oc1cc(S(=O)(=O)O)c2ccccc2c1N. The van der Waals surface area contributed by atoms with Crippen LogP contribution in [0.15, 0.2) is 35.2 Å². The molecule has 0 unspecified atom stereocenters. The Morgan fingerprint density at radius 3 is 2.37 bits per heavy atom. The van der Waals surface area contributed by atoms with Crippen LogP contribution in [-0.2, 0) is 14.9 Å². The van der Waals surface area contributed by atoms with E-state index in [0.717, 1.165) is 6.07 Å². The van der Waals surface area contributed by atoms with Crippen LogP contribution < -0.4 is 10.5 Å². The summed E-state index contributed by atoms with van der Waals surface area (Å²) in [6.45, 7) is 1.17. The number of benzene rings is 2.